The molecule has 2 aromatic heterocycles. The molecule has 4 heterocycles. The van der Waals surface area contributed by atoms with Gasteiger partial charge >= 0.3 is 6.09 Å². The van der Waals surface area contributed by atoms with Crippen LogP contribution in [0.4, 0.5) is 16.2 Å². The molecule has 0 radical (unpaired) electrons. The van der Waals surface area contributed by atoms with Crippen LogP contribution in [-0.2, 0) is 16.0 Å². The van der Waals surface area contributed by atoms with Crippen molar-refractivity contribution in [3.8, 4) is 22.8 Å². The van der Waals surface area contributed by atoms with Gasteiger partial charge in [-0.2, -0.15) is 4.98 Å². The molecule has 0 bridgehead atoms. The van der Waals surface area contributed by atoms with Gasteiger partial charge < -0.3 is 29.2 Å². The average molecular weight is 541 g/mol. The normalized spacial score (nSPS) is 16.3. The summed E-state index contributed by atoms with van der Waals surface area (Å²) in [6.45, 7) is 2.82. The lowest BCUT2D eigenvalue weighted by Gasteiger charge is -2.35. The van der Waals surface area contributed by atoms with Crippen LogP contribution in [0.25, 0.3) is 22.8 Å². The minimum Gasteiger partial charge on any atom is -0.446 e. The Labute approximate surface area is 227 Å². The fourth-order valence-corrected chi connectivity index (χ4v) is 4.64. The van der Waals surface area contributed by atoms with Crippen molar-refractivity contribution >= 4 is 29.3 Å². The standard InChI is InChI=1S/C28H24N6O6/c1-14-2-3-16(24-32-27(40-33-24)18-12-34(13-18)28(37)38-19-6-7-19)8-20(14)31-25(36)22-11-29-26(39-22)17-5-4-15-10-23(35)30-21(15)9-17/h2-5,8-9,11,18-19H,6-7,10,12-13H2,1H3,(H,30,35)(H,31,36). The molecule has 2 N–H and O–H groups in total. The summed E-state index contributed by atoms with van der Waals surface area (Å²) in [4.78, 5) is 47.1. The zero-order chi connectivity index (χ0) is 27.4. The molecule has 3 aliphatic rings. The van der Waals surface area contributed by atoms with Crippen LogP contribution in [0, 0.1) is 6.92 Å². The first-order valence-corrected chi connectivity index (χ1v) is 13.0. The number of oxazole rings is 1. The predicted octanol–water partition coefficient (Wildman–Crippen LogP) is 4.15. The van der Waals surface area contributed by atoms with Crippen molar-refractivity contribution in [3.05, 3.63) is 65.4 Å². The number of hydrogen-bond acceptors (Lipinski definition) is 9. The van der Waals surface area contributed by atoms with Gasteiger partial charge in [-0.05, 0) is 49.1 Å². The van der Waals surface area contributed by atoms with Gasteiger partial charge in [0.05, 0.1) is 18.5 Å². The van der Waals surface area contributed by atoms with Gasteiger partial charge in [-0.3, -0.25) is 9.59 Å². The highest BCUT2D eigenvalue weighted by Crippen LogP contribution is 2.32. The van der Waals surface area contributed by atoms with Crippen LogP contribution in [0.15, 0.2) is 51.5 Å². The second-order valence-corrected chi connectivity index (χ2v) is 10.3. The van der Waals surface area contributed by atoms with Gasteiger partial charge in [0.1, 0.15) is 6.10 Å². The Bertz CT molecular complexity index is 1670. The lowest BCUT2D eigenvalue weighted by Crippen LogP contribution is -2.49. The Kier molecular flexibility index (Phi) is 5.61. The number of fused-ring (bicyclic) bond motifs is 1. The van der Waals surface area contributed by atoms with E-state index in [0.29, 0.717) is 48.0 Å². The summed E-state index contributed by atoms with van der Waals surface area (Å²) in [5.41, 5.74) is 4.34. The first-order valence-electron chi connectivity index (χ1n) is 13.0. The summed E-state index contributed by atoms with van der Waals surface area (Å²) in [6.07, 6.45) is 3.35. The molecule has 40 heavy (non-hydrogen) atoms. The van der Waals surface area contributed by atoms with E-state index >= 15 is 0 Å². The van der Waals surface area contributed by atoms with E-state index in [2.05, 4.69) is 25.8 Å². The number of anilines is 2. The fraction of sp³-hybridized carbons (Fsp3) is 0.286. The Hall–Kier alpha value is -5.00. The quantitative estimate of drug-likeness (QED) is 0.367. The fourth-order valence-electron chi connectivity index (χ4n) is 4.64. The smallest absolute Gasteiger partial charge is 0.410 e. The van der Waals surface area contributed by atoms with Crippen LogP contribution < -0.4 is 10.6 Å². The molecule has 7 rings (SSSR count). The van der Waals surface area contributed by atoms with E-state index in [0.717, 1.165) is 29.7 Å². The van der Waals surface area contributed by atoms with Crippen molar-refractivity contribution in [1.82, 2.24) is 20.0 Å². The third-order valence-corrected chi connectivity index (χ3v) is 7.18. The lowest BCUT2D eigenvalue weighted by atomic mass is 10.0. The van der Waals surface area contributed by atoms with Crippen molar-refractivity contribution in [2.75, 3.05) is 23.7 Å². The average Bonchev–Trinajstić information content (AvgIpc) is 3.29. The largest absolute Gasteiger partial charge is 0.446 e. The summed E-state index contributed by atoms with van der Waals surface area (Å²) >= 11 is 0. The number of aryl methyl sites for hydroxylation is 1. The highest BCUT2D eigenvalue weighted by molar-refractivity contribution is 6.03. The van der Waals surface area contributed by atoms with E-state index in [1.54, 1.807) is 23.1 Å². The minimum absolute atomic E-state index is 0.0415. The first-order chi connectivity index (χ1) is 19.4. The Morgan fingerprint density at radius 1 is 1.12 bits per heavy atom. The minimum atomic E-state index is -0.463. The molecule has 2 aliphatic heterocycles. The molecule has 1 saturated heterocycles. The van der Waals surface area contributed by atoms with Crippen LogP contribution in [0.3, 0.4) is 0 Å². The Balaban J connectivity index is 1.02. The van der Waals surface area contributed by atoms with Crippen molar-refractivity contribution in [2.24, 2.45) is 0 Å². The van der Waals surface area contributed by atoms with Crippen molar-refractivity contribution in [2.45, 2.75) is 38.2 Å². The number of ether oxygens (including phenoxy) is 1. The number of nitrogens with zero attached hydrogens (tertiary/aromatic N) is 4. The highest BCUT2D eigenvalue weighted by Gasteiger charge is 2.38. The predicted molar refractivity (Wildman–Crippen MR) is 141 cm³/mol. The second kappa shape index (κ2) is 9.33. The molecule has 0 spiro atoms. The van der Waals surface area contributed by atoms with Gasteiger partial charge in [-0.25, -0.2) is 9.78 Å². The number of aromatic nitrogens is 3. The van der Waals surface area contributed by atoms with Crippen LogP contribution in [0.2, 0.25) is 0 Å². The maximum Gasteiger partial charge on any atom is 0.410 e. The van der Waals surface area contributed by atoms with E-state index in [1.807, 2.05) is 25.1 Å². The maximum atomic E-state index is 13.0. The molecule has 202 valence electrons. The Morgan fingerprint density at radius 2 is 1.95 bits per heavy atom. The van der Waals surface area contributed by atoms with Crippen molar-refractivity contribution in [3.63, 3.8) is 0 Å². The van der Waals surface area contributed by atoms with Gasteiger partial charge in [-0.1, -0.05) is 23.4 Å². The number of rotatable bonds is 6. The van der Waals surface area contributed by atoms with Gasteiger partial charge in [0.25, 0.3) is 5.91 Å². The highest BCUT2D eigenvalue weighted by atomic mass is 16.6. The molecule has 1 saturated carbocycles. The Morgan fingerprint density at radius 3 is 2.77 bits per heavy atom. The van der Waals surface area contributed by atoms with Crippen LogP contribution in [0.5, 0.6) is 0 Å². The molecule has 2 fully saturated rings. The zero-order valence-corrected chi connectivity index (χ0v) is 21.5. The van der Waals surface area contributed by atoms with Crippen LogP contribution in [0.1, 0.15) is 46.3 Å². The molecule has 4 aromatic rings. The summed E-state index contributed by atoms with van der Waals surface area (Å²) in [6, 6.07) is 10.9. The number of nitrogens with one attached hydrogen (secondary N) is 2. The summed E-state index contributed by atoms with van der Waals surface area (Å²) < 4.78 is 16.5. The van der Waals surface area contributed by atoms with E-state index in [4.69, 9.17) is 13.7 Å². The number of benzene rings is 2. The second-order valence-electron chi connectivity index (χ2n) is 10.3. The summed E-state index contributed by atoms with van der Waals surface area (Å²) in [5.74, 6) is 0.590. The van der Waals surface area contributed by atoms with Gasteiger partial charge in [-0.15, -0.1) is 0 Å². The number of hydrogen-bond donors (Lipinski definition) is 2. The summed E-state index contributed by atoms with van der Waals surface area (Å²) in [7, 11) is 0. The van der Waals surface area contributed by atoms with E-state index in [1.165, 1.54) is 6.20 Å². The zero-order valence-electron chi connectivity index (χ0n) is 21.5. The third-order valence-electron chi connectivity index (χ3n) is 7.18. The van der Waals surface area contributed by atoms with Crippen LogP contribution >= 0.6 is 0 Å². The molecule has 2 aromatic carbocycles. The van der Waals surface area contributed by atoms with Gasteiger partial charge in [0, 0.05) is 35.6 Å². The molecule has 0 unspecified atom stereocenters. The van der Waals surface area contributed by atoms with Crippen LogP contribution in [-0.4, -0.2) is 57.1 Å². The first kappa shape index (κ1) is 24.1. The lowest BCUT2D eigenvalue weighted by molar-refractivity contribution is -0.115. The van der Waals surface area contributed by atoms with Gasteiger partial charge in [0.2, 0.25) is 29.3 Å². The van der Waals surface area contributed by atoms with E-state index in [-0.39, 0.29) is 35.7 Å². The molecular formula is C28H24N6O6. The molecular weight excluding hydrogens is 516 g/mol. The topological polar surface area (TPSA) is 153 Å². The van der Waals surface area contributed by atoms with Crippen molar-refractivity contribution in [1.29, 1.82) is 0 Å². The van der Waals surface area contributed by atoms with Gasteiger partial charge in [0.15, 0.2) is 0 Å². The van der Waals surface area contributed by atoms with E-state index < -0.39 is 5.91 Å². The molecule has 12 nitrogen and oxygen atoms in total. The number of carbonyl (C=O) groups excluding carboxylic acids is 3. The maximum absolute atomic E-state index is 13.0. The van der Waals surface area contributed by atoms with Crippen molar-refractivity contribution < 1.29 is 28.1 Å². The van der Waals surface area contributed by atoms with E-state index in [9.17, 15) is 14.4 Å². The number of carbonyl (C=O) groups is 3. The molecule has 12 heteroatoms. The molecule has 0 atom stereocenters. The molecule has 3 amide bonds. The SMILES string of the molecule is Cc1ccc(-c2noc(C3CN(C(=O)OC4CC4)C3)n2)cc1NC(=O)c1cnc(-c2ccc3c(c2)NC(=O)C3)o1. The monoisotopic (exact) mass is 540 g/mol. The third kappa shape index (κ3) is 4.57. The summed E-state index contributed by atoms with van der Waals surface area (Å²) in [5, 5.41) is 9.77. The molecule has 1 aliphatic carbocycles. The number of amides is 3. The number of likely N-dealkylation sites (tertiary alicyclic amines) is 1.